The van der Waals surface area contributed by atoms with Crippen LogP contribution in [0.25, 0.3) is 0 Å². The zero-order chi connectivity index (χ0) is 7.56. The lowest BCUT2D eigenvalue weighted by atomic mass is 10.3. The number of hydrogen-bond donors (Lipinski definition) is 1. The Hall–Kier alpha value is -1.45. The van der Waals surface area contributed by atoms with Gasteiger partial charge in [-0.25, -0.2) is 4.57 Å². The Kier molecular flexibility index (Phi) is 1.62. The number of carbonyl (C=O) groups excluding carboxylic acids is 1. The number of nitrogens with zero attached hydrogens (tertiary/aromatic N) is 2. The van der Waals surface area contributed by atoms with E-state index in [1.807, 2.05) is 0 Å². The number of rotatable bonds is 1. The number of primary amides is 1. The Morgan fingerprint density at radius 3 is 2.90 bits per heavy atom. The SMILES string of the molecule is C[n+]1cncc(C(N)=O)c1. The predicted octanol–water partition coefficient (Wildman–Crippen LogP) is -0.995. The minimum atomic E-state index is -0.455. The molecule has 1 aromatic rings. The summed E-state index contributed by atoms with van der Waals surface area (Å²) in [5, 5.41) is 0. The number of nitrogens with two attached hydrogens (primary N) is 1. The van der Waals surface area contributed by atoms with E-state index < -0.39 is 5.91 Å². The van der Waals surface area contributed by atoms with Crippen LogP contribution in [0.15, 0.2) is 18.7 Å². The molecule has 1 amide bonds. The standard InChI is InChI=1S/C6H7N3O/c1-9-3-5(6(7)10)2-8-4-9/h2-4H,1H3,(H-,7,10)/p+1. The van der Waals surface area contributed by atoms with Crippen molar-refractivity contribution in [2.45, 2.75) is 0 Å². The van der Waals surface area contributed by atoms with Gasteiger partial charge in [0.2, 0.25) is 0 Å². The minimum Gasteiger partial charge on any atom is -0.365 e. The summed E-state index contributed by atoms with van der Waals surface area (Å²) in [5.74, 6) is -0.455. The second kappa shape index (κ2) is 2.43. The molecule has 0 spiro atoms. The molecule has 1 heterocycles. The molecule has 0 saturated heterocycles. The molecule has 10 heavy (non-hydrogen) atoms. The van der Waals surface area contributed by atoms with Crippen molar-refractivity contribution in [3.63, 3.8) is 0 Å². The summed E-state index contributed by atoms with van der Waals surface area (Å²) in [5.41, 5.74) is 5.41. The molecule has 0 fully saturated rings. The van der Waals surface area contributed by atoms with Gasteiger partial charge in [-0.3, -0.25) is 4.79 Å². The third-order valence-electron chi connectivity index (χ3n) is 1.09. The Balaban J connectivity index is 3.07. The molecule has 4 nitrogen and oxygen atoms in total. The average molecular weight is 138 g/mol. The quantitative estimate of drug-likeness (QED) is 0.506. The zero-order valence-corrected chi connectivity index (χ0v) is 5.61. The van der Waals surface area contributed by atoms with Crippen molar-refractivity contribution < 1.29 is 9.36 Å². The van der Waals surface area contributed by atoms with Crippen molar-refractivity contribution in [1.29, 1.82) is 0 Å². The summed E-state index contributed by atoms with van der Waals surface area (Å²) in [4.78, 5) is 14.3. The van der Waals surface area contributed by atoms with Gasteiger partial charge in [0.1, 0.15) is 11.8 Å². The monoisotopic (exact) mass is 138 g/mol. The first-order chi connectivity index (χ1) is 4.70. The summed E-state index contributed by atoms with van der Waals surface area (Å²) in [6.45, 7) is 0. The van der Waals surface area contributed by atoms with Gasteiger partial charge < -0.3 is 5.73 Å². The third-order valence-corrected chi connectivity index (χ3v) is 1.09. The van der Waals surface area contributed by atoms with Crippen LogP contribution in [0.3, 0.4) is 0 Å². The van der Waals surface area contributed by atoms with Crippen LogP contribution < -0.4 is 10.3 Å². The van der Waals surface area contributed by atoms with Gasteiger partial charge in [0.05, 0.1) is 7.05 Å². The van der Waals surface area contributed by atoms with Crippen molar-refractivity contribution in [2.24, 2.45) is 12.8 Å². The third kappa shape index (κ3) is 1.28. The lowest BCUT2D eigenvalue weighted by Gasteiger charge is -1.89. The number of hydrogen-bond acceptors (Lipinski definition) is 2. The molecule has 2 N–H and O–H groups in total. The fraction of sp³-hybridized carbons (Fsp3) is 0.167. The maximum atomic E-state index is 10.5. The first kappa shape index (κ1) is 6.67. The van der Waals surface area contributed by atoms with E-state index in [1.54, 1.807) is 24.1 Å². The van der Waals surface area contributed by atoms with Gasteiger partial charge in [0, 0.05) is 0 Å². The van der Waals surface area contributed by atoms with Crippen LogP contribution in [0.4, 0.5) is 0 Å². The first-order valence-electron chi connectivity index (χ1n) is 2.80. The molecule has 0 atom stereocenters. The predicted molar refractivity (Wildman–Crippen MR) is 33.9 cm³/mol. The van der Waals surface area contributed by atoms with E-state index in [2.05, 4.69) is 4.98 Å². The molecule has 0 aromatic carbocycles. The topological polar surface area (TPSA) is 59.9 Å². The minimum absolute atomic E-state index is 0.421. The summed E-state index contributed by atoms with van der Waals surface area (Å²) in [7, 11) is 1.78. The second-order valence-electron chi connectivity index (χ2n) is 2.01. The highest BCUT2D eigenvalue weighted by atomic mass is 16.1. The van der Waals surface area contributed by atoms with Crippen LogP contribution in [-0.2, 0) is 7.05 Å². The summed E-state index contributed by atoms with van der Waals surface area (Å²) >= 11 is 0. The van der Waals surface area contributed by atoms with Crippen LogP contribution in [0, 0.1) is 0 Å². The Bertz CT molecular complexity index is 259. The van der Waals surface area contributed by atoms with E-state index in [9.17, 15) is 4.79 Å². The van der Waals surface area contributed by atoms with Crippen molar-refractivity contribution >= 4 is 5.91 Å². The van der Waals surface area contributed by atoms with E-state index in [0.29, 0.717) is 5.56 Å². The van der Waals surface area contributed by atoms with Crippen LogP contribution in [-0.4, -0.2) is 10.9 Å². The normalized spacial score (nSPS) is 9.30. The van der Waals surface area contributed by atoms with Crippen molar-refractivity contribution in [3.8, 4) is 0 Å². The number of carbonyl (C=O) groups is 1. The lowest BCUT2D eigenvalue weighted by Crippen LogP contribution is -2.30. The van der Waals surface area contributed by atoms with Gasteiger partial charge >= 0.3 is 0 Å². The fourth-order valence-electron chi connectivity index (χ4n) is 0.632. The van der Waals surface area contributed by atoms with Gasteiger partial charge in [-0.05, 0) is 0 Å². The van der Waals surface area contributed by atoms with Gasteiger partial charge in [-0.2, -0.15) is 0 Å². The molecule has 0 bridgehead atoms. The lowest BCUT2D eigenvalue weighted by molar-refractivity contribution is -0.674. The second-order valence-corrected chi connectivity index (χ2v) is 2.01. The van der Waals surface area contributed by atoms with Crippen molar-refractivity contribution in [3.05, 3.63) is 24.3 Å². The maximum Gasteiger partial charge on any atom is 0.285 e. The number of aryl methyl sites for hydroxylation is 1. The molecule has 0 unspecified atom stereocenters. The summed E-state index contributed by atoms with van der Waals surface area (Å²) in [6.07, 6.45) is 4.64. The number of aromatic nitrogens is 2. The van der Waals surface area contributed by atoms with Gasteiger partial charge in [0.15, 0.2) is 6.20 Å². The van der Waals surface area contributed by atoms with E-state index in [1.165, 1.54) is 6.20 Å². The largest absolute Gasteiger partial charge is 0.365 e. The van der Waals surface area contributed by atoms with Crippen molar-refractivity contribution in [2.75, 3.05) is 0 Å². The van der Waals surface area contributed by atoms with E-state index in [0.717, 1.165) is 0 Å². The molecule has 0 aliphatic heterocycles. The van der Waals surface area contributed by atoms with Crippen LogP contribution >= 0.6 is 0 Å². The molecule has 0 aliphatic rings. The highest BCUT2D eigenvalue weighted by Gasteiger charge is 2.03. The number of amides is 1. The van der Waals surface area contributed by atoms with Gasteiger partial charge in [0.25, 0.3) is 12.2 Å². The van der Waals surface area contributed by atoms with Gasteiger partial charge in [-0.15, -0.1) is 0 Å². The van der Waals surface area contributed by atoms with E-state index in [4.69, 9.17) is 5.73 Å². The van der Waals surface area contributed by atoms with E-state index in [-0.39, 0.29) is 0 Å². The van der Waals surface area contributed by atoms with Crippen LogP contribution in [0.1, 0.15) is 10.4 Å². The molecule has 4 heteroatoms. The molecule has 52 valence electrons. The molecule has 0 aliphatic carbocycles. The molecule has 1 rings (SSSR count). The summed E-state index contributed by atoms with van der Waals surface area (Å²) < 4.78 is 1.67. The highest BCUT2D eigenvalue weighted by Crippen LogP contribution is 1.86. The van der Waals surface area contributed by atoms with Crippen molar-refractivity contribution in [1.82, 2.24) is 4.98 Å². The van der Waals surface area contributed by atoms with Crippen LogP contribution in [0.5, 0.6) is 0 Å². The summed E-state index contributed by atoms with van der Waals surface area (Å²) in [6, 6.07) is 0. The highest BCUT2D eigenvalue weighted by molar-refractivity contribution is 5.91. The Morgan fingerprint density at radius 1 is 1.80 bits per heavy atom. The average Bonchev–Trinajstić information content (AvgIpc) is 1.88. The van der Waals surface area contributed by atoms with Gasteiger partial charge in [-0.1, -0.05) is 4.98 Å². The Labute approximate surface area is 58.3 Å². The first-order valence-corrected chi connectivity index (χ1v) is 2.80. The molecule has 0 saturated carbocycles. The maximum absolute atomic E-state index is 10.5. The molecule has 0 radical (unpaired) electrons. The zero-order valence-electron chi connectivity index (χ0n) is 5.61. The Morgan fingerprint density at radius 2 is 2.50 bits per heavy atom. The molecular formula is C6H8N3O+. The fourth-order valence-corrected chi connectivity index (χ4v) is 0.632. The molecule has 1 aromatic heterocycles. The smallest absolute Gasteiger partial charge is 0.285 e. The molecular weight excluding hydrogens is 130 g/mol. The van der Waals surface area contributed by atoms with E-state index >= 15 is 0 Å². The van der Waals surface area contributed by atoms with Crippen LogP contribution in [0.2, 0.25) is 0 Å².